The van der Waals surface area contributed by atoms with Gasteiger partial charge in [0.05, 0.1) is 6.20 Å². The Bertz CT molecular complexity index is 142. The number of hydrogen-bond acceptors (Lipinski definition) is 1. The lowest BCUT2D eigenvalue weighted by molar-refractivity contribution is -0.376. The van der Waals surface area contributed by atoms with Gasteiger partial charge in [-0.05, 0) is 11.6 Å². The maximum Gasteiger partial charge on any atom is 0.291 e. The molecule has 0 aliphatic rings. The number of nitrogens with one attached hydrogen (secondary N) is 1. The van der Waals surface area contributed by atoms with E-state index >= 15 is 0 Å². The standard InChI is InChI=1S/C4H3ClN2.ClH/c5-4-3-6-1-2-7-4;/h1-3H;1H. The summed E-state index contributed by atoms with van der Waals surface area (Å²) < 4.78 is 0. The van der Waals surface area contributed by atoms with Crippen molar-refractivity contribution in [1.29, 1.82) is 0 Å². The Morgan fingerprint density at radius 3 is 2.62 bits per heavy atom. The van der Waals surface area contributed by atoms with Gasteiger partial charge in [0, 0.05) is 0 Å². The number of halogens is 2. The number of aromatic amines is 1. The molecule has 0 radical (unpaired) electrons. The van der Waals surface area contributed by atoms with E-state index in [1.165, 1.54) is 0 Å². The van der Waals surface area contributed by atoms with E-state index in [0.29, 0.717) is 5.15 Å². The zero-order chi connectivity index (χ0) is 5.11. The van der Waals surface area contributed by atoms with E-state index in [1.807, 2.05) is 0 Å². The summed E-state index contributed by atoms with van der Waals surface area (Å²) in [5.74, 6) is 0. The smallest absolute Gasteiger partial charge is 0.291 e. The Balaban J connectivity index is 0.000000490. The molecule has 0 amide bonds. The van der Waals surface area contributed by atoms with E-state index in [9.17, 15) is 0 Å². The first-order chi connectivity index (χ1) is 3.39. The molecule has 0 bridgehead atoms. The lowest BCUT2D eigenvalue weighted by Crippen LogP contribution is -3.00. The number of aromatic nitrogens is 2. The second-order valence-electron chi connectivity index (χ2n) is 1.09. The van der Waals surface area contributed by atoms with Gasteiger partial charge in [-0.3, -0.25) is 4.98 Å². The molecule has 44 valence electrons. The van der Waals surface area contributed by atoms with Gasteiger partial charge < -0.3 is 12.4 Å². The molecule has 0 aromatic carbocycles. The Morgan fingerprint density at radius 2 is 2.38 bits per heavy atom. The van der Waals surface area contributed by atoms with E-state index in [1.54, 1.807) is 18.6 Å². The largest absolute Gasteiger partial charge is 1.00 e. The summed E-state index contributed by atoms with van der Waals surface area (Å²) in [7, 11) is 0. The molecule has 1 N–H and O–H groups in total. The quantitative estimate of drug-likeness (QED) is 0.404. The molecule has 0 saturated heterocycles. The molecule has 0 unspecified atom stereocenters. The predicted molar refractivity (Wildman–Crippen MR) is 25.8 cm³/mol. The van der Waals surface area contributed by atoms with E-state index in [4.69, 9.17) is 11.6 Å². The van der Waals surface area contributed by atoms with Crippen molar-refractivity contribution in [2.24, 2.45) is 0 Å². The molecule has 2 nitrogen and oxygen atoms in total. The van der Waals surface area contributed by atoms with Gasteiger partial charge in [-0.1, -0.05) is 0 Å². The van der Waals surface area contributed by atoms with Crippen LogP contribution in [0.15, 0.2) is 18.6 Å². The fraction of sp³-hybridized carbons (Fsp3) is 0. The predicted octanol–water partition coefficient (Wildman–Crippen LogP) is -2.45. The van der Waals surface area contributed by atoms with Crippen molar-refractivity contribution >= 4 is 11.6 Å². The fourth-order valence-corrected chi connectivity index (χ4v) is 0.425. The average Bonchev–Trinajstić information content (AvgIpc) is 1.69. The van der Waals surface area contributed by atoms with Crippen molar-refractivity contribution in [3.05, 3.63) is 23.7 Å². The van der Waals surface area contributed by atoms with E-state index < -0.39 is 0 Å². The normalized spacial score (nSPS) is 7.62. The van der Waals surface area contributed by atoms with Gasteiger partial charge in [-0.15, -0.1) is 0 Å². The minimum atomic E-state index is 0. The number of hydrogen-bond donors (Lipinski definition) is 0. The van der Waals surface area contributed by atoms with Crippen molar-refractivity contribution in [2.45, 2.75) is 0 Å². The minimum absolute atomic E-state index is 0. The summed E-state index contributed by atoms with van der Waals surface area (Å²) >= 11 is 5.42. The zero-order valence-corrected chi connectivity index (χ0v) is 5.45. The molecule has 0 fully saturated rings. The van der Waals surface area contributed by atoms with Crippen LogP contribution in [0, 0.1) is 0 Å². The minimum Gasteiger partial charge on any atom is -1.00 e. The average molecular weight is 151 g/mol. The highest BCUT2D eigenvalue weighted by atomic mass is 35.5. The summed E-state index contributed by atoms with van der Waals surface area (Å²) in [6.45, 7) is 0. The van der Waals surface area contributed by atoms with Crippen LogP contribution in [-0.4, -0.2) is 4.98 Å². The highest BCUT2D eigenvalue weighted by Crippen LogP contribution is 1.89. The van der Waals surface area contributed by atoms with Crippen molar-refractivity contribution in [3.8, 4) is 0 Å². The van der Waals surface area contributed by atoms with Crippen molar-refractivity contribution in [3.63, 3.8) is 0 Å². The van der Waals surface area contributed by atoms with Crippen LogP contribution in [0.1, 0.15) is 0 Å². The van der Waals surface area contributed by atoms with Gasteiger partial charge in [-0.2, -0.15) is 4.98 Å². The monoisotopic (exact) mass is 150 g/mol. The van der Waals surface area contributed by atoms with Gasteiger partial charge in [0.2, 0.25) is 0 Å². The van der Waals surface area contributed by atoms with Crippen LogP contribution in [0.4, 0.5) is 0 Å². The van der Waals surface area contributed by atoms with Crippen LogP contribution >= 0.6 is 11.6 Å². The van der Waals surface area contributed by atoms with Crippen LogP contribution in [0.2, 0.25) is 5.15 Å². The molecule has 0 aliphatic heterocycles. The van der Waals surface area contributed by atoms with Crippen LogP contribution in [-0.2, 0) is 0 Å². The van der Waals surface area contributed by atoms with E-state index in [2.05, 4.69) is 9.97 Å². The molecule has 1 heterocycles. The molecule has 1 aromatic rings. The van der Waals surface area contributed by atoms with Gasteiger partial charge in [-0.25, -0.2) is 0 Å². The summed E-state index contributed by atoms with van der Waals surface area (Å²) in [5.41, 5.74) is 0. The van der Waals surface area contributed by atoms with Crippen LogP contribution in [0.3, 0.4) is 0 Å². The SMILES string of the molecule is Clc1cncc[nH+]1.[Cl-]. The van der Waals surface area contributed by atoms with Gasteiger partial charge in [0.15, 0.2) is 6.20 Å². The first-order valence-electron chi connectivity index (χ1n) is 1.87. The zero-order valence-electron chi connectivity index (χ0n) is 3.94. The fourth-order valence-electron chi connectivity index (χ4n) is 0.306. The Hall–Kier alpha value is -0.340. The number of H-pyrrole nitrogens is 1. The third-order valence-corrected chi connectivity index (χ3v) is 0.776. The van der Waals surface area contributed by atoms with Gasteiger partial charge in [0.25, 0.3) is 5.15 Å². The molecule has 0 atom stereocenters. The third-order valence-electron chi connectivity index (χ3n) is 0.570. The lowest BCUT2D eigenvalue weighted by atomic mass is 10.8. The summed E-state index contributed by atoms with van der Waals surface area (Å²) in [5, 5.41) is 0.558. The molecule has 1 rings (SSSR count). The molecule has 1 aromatic heterocycles. The molecular weight excluding hydrogens is 147 g/mol. The highest BCUT2D eigenvalue weighted by Gasteiger charge is 1.86. The molecule has 0 spiro atoms. The maximum atomic E-state index is 5.42. The first kappa shape index (κ1) is 7.66. The number of rotatable bonds is 0. The molecule has 0 aliphatic carbocycles. The Kier molecular flexibility index (Phi) is 3.48. The van der Waals surface area contributed by atoms with Gasteiger partial charge >= 0.3 is 0 Å². The molecule has 4 heteroatoms. The Morgan fingerprint density at radius 1 is 1.62 bits per heavy atom. The highest BCUT2D eigenvalue weighted by molar-refractivity contribution is 6.28. The van der Waals surface area contributed by atoms with Gasteiger partial charge in [0.1, 0.15) is 6.20 Å². The summed E-state index contributed by atoms with van der Waals surface area (Å²) in [4.78, 5) is 6.46. The first-order valence-corrected chi connectivity index (χ1v) is 2.24. The van der Waals surface area contributed by atoms with E-state index in [0.717, 1.165) is 0 Å². The second-order valence-corrected chi connectivity index (χ2v) is 1.49. The van der Waals surface area contributed by atoms with Crippen molar-refractivity contribution in [2.75, 3.05) is 0 Å². The van der Waals surface area contributed by atoms with Crippen LogP contribution in [0.25, 0.3) is 0 Å². The molecular formula is C4H4Cl2N2. The Labute approximate surface area is 58.3 Å². The van der Waals surface area contributed by atoms with Crippen LogP contribution in [0.5, 0.6) is 0 Å². The third kappa shape index (κ3) is 2.09. The molecule has 8 heavy (non-hydrogen) atoms. The van der Waals surface area contributed by atoms with Crippen molar-refractivity contribution < 1.29 is 17.4 Å². The summed E-state index contributed by atoms with van der Waals surface area (Å²) in [6, 6.07) is 0. The lowest BCUT2D eigenvalue weighted by Gasteiger charge is -1.71. The molecule has 0 saturated carbocycles. The number of nitrogens with zero attached hydrogens (tertiary/aromatic N) is 1. The maximum absolute atomic E-state index is 5.42. The summed E-state index contributed by atoms with van der Waals surface area (Å²) in [6.07, 6.45) is 4.84. The topological polar surface area (TPSA) is 27.0 Å². The van der Waals surface area contributed by atoms with E-state index in [-0.39, 0.29) is 12.4 Å². The van der Waals surface area contributed by atoms with Crippen LogP contribution < -0.4 is 17.4 Å². The second kappa shape index (κ2) is 3.64. The van der Waals surface area contributed by atoms with Crippen molar-refractivity contribution in [1.82, 2.24) is 4.98 Å².